The first-order valence-corrected chi connectivity index (χ1v) is 8.60. The van der Waals surface area contributed by atoms with Gasteiger partial charge in [-0.3, -0.25) is 0 Å². The van der Waals surface area contributed by atoms with Crippen molar-refractivity contribution in [2.45, 2.75) is 52.5 Å². The van der Waals surface area contributed by atoms with Crippen LogP contribution in [0.5, 0.6) is 0 Å². The second-order valence-electron chi connectivity index (χ2n) is 6.77. The SMILES string of the molecule is CCC1CCCN(CCC(NC)c2cc(C)cc(C)c2)C1. The van der Waals surface area contributed by atoms with Crippen LogP contribution < -0.4 is 5.32 Å². The Balaban J connectivity index is 1.93. The smallest absolute Gasteiger partial charge is 0.0329 e. The Morgan fingerprint density at radius 3 is 2.57 bits per heavy atom. The van der Waals surface area contributed by atoms with Crippen molar-refractivity contribution >= 4 is 0 Å². The van der Waals surface area contributed by atoms with Crippen LogP contribution in [0.25, 0.3) is 0 Å². The van der Waals surface area contributed by atoms with Crippen molar-refractivity contribution in [3.8, 4) is 0 Å². The summed E-state index contributed by atoms with van der Waals surface area (Å²) in [6.45, 7) is 10.5. The number of hydrogen-bond donors (Lipinski definition) is 1. The number of benzene rings is 1. The van der Waals surface area contributed by atoms with Gasteiger partial charge < -0.3 is 10.2 Å². The second kappa shape index (κ2) is 7.95. The second-order valence-corrected chi connectivity index (χ2v) is 6.77. The molecule has 0 aromatic heterocycles. The van der Waals surface area contributed by atoms with E-state index in [4.69, 9.17) is 0 Å². The monoisotopic (exact) mass is 288 g/mol. The predicted molar refractivity (Wildman–Crippen MR) is 91.8 cm³/mol. The third-order valence-corrected chi connectivity index (χ3v) is 4.91. The Bertz CT molecular complexity index is 421. The summed E-state index contributed by atoms with van der Waals surface area (Å²) in [7, 11) is 2.09. The van der Waals surface area contributed by atoms with Crippen LogP contribution in [-0.2, 0) is 0 Å². The maximum Gasteiger partial charge on any atom is 0.0329 e. The summed E-state index contributed by atoms with van der Waals surface area (Å²) in [6, 6.07) is 7.40. The summed E-state index contributed by atoms with van der Waals surface area (Å²) in [5, 5.41) is 3.51. The molecule has 2 heteroatoms. The first kappa shape index (κ1) is 16.5. The van der Waals surface area contributed by atoms with E-state index in [1.54, 1.807) is 0 Å². The van der Waals surface area contributed by atoms with Gasteiger partial charge in [-0.25, -0.2) is 0 Å². The zero-order valence-corrected chi connectivity index (χ0v) is 14.3. The molecule has 2 rings (SSSR count). The molecule has 1 saturated heterocycles. The Labute approximate surface area is 130 Å². The molecule has 0 amide bonds. The molecule has 0 saturated carbocycles. The molecule has 2 atom stereocenters. The lowest BCUT2D eigenvalue weighted by atomic mass is 9.94. The van der Waals surface area contributed by atoms with Crippen LogP contribution in [0.1, 0.15) is 55.3 Å². The van der Waals surface area contributed by atoms with E-state index in [9.17, 15) is 0 Å². The van der Waals surface area contributed by atoms with E-state index < -0.39 is 0 Å². The van der Waals surface area contributed by atoms with E-state index >= 15 is 0 Å². The Morgan fingerprint density at radius 1 is 1.24 bits per heavy atom. The number of nitrogens with zero attached hydrogens (tertiary/aromatic N) is 1. The van der Waals surface area contributed by atoms with Crippen LogP contribution >= 0.6 is 0 Å². The summed E-state index contributed by atoms with van der Waals surface area (Å²) in [5.74, 6) is 0.924. The molecule has 2 unspecified atom stereocenters. The molecule has 1 heterocycles. The highest BCUT2D eigenvalue weighted by molar-refractivity contribution is 5.30. The van der Waals surface area contributed by atoms with Crippen molar-refractivity contribution in [1.82, 2.24) is 10.2 Å². The molecule has 21 heavy (non-hydrogen) atoms. The van der Waals surface area contributed by atoms with E-state index in [1.807, 2.05) is 0 Å². The van der Waals surface area contributed by atoms with Gasteiger partial charge >= 0.3 is 0 Å². The molecule has 0 bridgehead atoms. The van der Waals surface area contributed by atoms with Gasteiger partial charge in [-0.15, -0.1) is 0 Å². The Hall–Kier alpha value is -0.860. The number of rotatable bonds is 6. The topological polar surface area (TPSA) is 15.3 Å². The Kier molecular flexibility index (Phi) is 6.25. The van der Waals surface area contributed by atoms with Gasteiger partial charge in [0.1, 0.15) is 0 Å². The fourth-order valence-electron chi connectivity index (χ4n) is 3.69. The maximum absolute atomic E-state index is 3.51. The van der Waals surface area contributed by atoms with Crippen molar-refractivity contribution in [3.05, 3.63) is 34.9 Å². The number of hydrogen-bond acceptors (Lipinski definition) is 2. The zero-order valence-electron chi connectivity index (χ0n) is 14.3. The lowest BCUT2D eigenvalue weighted by molar-refractivity contribution is 0.165. The van der Waals surface area contributed by atoms with Crippen molar-refractivity contribution in [3.63, 3.8) is 0 Å². The highest BCUT2D eigenvalue weighted by Crippen LogP contribution is 2.23. The number of aryl methyl sites for hydroxylation is 2. The Morgan fingerprint density at radius 2 is 1.95 bits per heavy atom. The molecular weight excluding hydrogens is 256 g/mol. The van der Waals surface area contributed by atoms with E-state index in [0.29, 0.717) is 6.04 Å². The van der Waals surface area contributed by atoms with Gasteiger partial charge in [0, 0.05) is 12.6 Å². The molecule has 0 radical (unpaired) electrons. The van der Waals surface area contributed by atoms with Crippen LogP contribution in [0.2, 0.25) is 0 Å². The minimum absolute atomic E-state index is 0.477. The van der Waals surface area contributed by atoms with Crippen LogP contribution in [0, 0.1) is 19.8 Å². The van der Waals surface area contributed by atoms with Crippen molar-refractivity contribution in [1.29, 1.82) is 0 Å². The lowest BCUT2D eigenvalue weighted by Crippen LogP contribution is -2.37. The average molecular weight is 288 g/mol. The summed E-state index contributed by atoms with van der Waals surface area (Å²) in [5.41, 5.74) is 4.18. The minimum atomic E-state index is 0.477. The normalized spacial score (nSPS) is 21.4. The highest BCUT2D eigenvalue weighted by Gasteiger charge is 2.19. The fraction of sp³-hybridized carbons (Fsp3) is 0.684. The maximum atomic E-state index is 3.51. The highest BCUT2D eigenvalue weighted by atomic mass is 15.1. The predicted octanol–water partition coefficient (Wildman–Crippen LogP) is 4.08. The quantitative estimate of drug-likeness (QED) is 0.848. The molecule has 2 nitrogen and oxygen atoms in total. The first-order valence-electron chi connectivity index (χ1n) is 8.60. The van der Waals surface area contributed by atoms with E-state index in [0.717, 1.165) is 5.92 Å². The van der Waals surface area contributed by atoms with Crippen molar-refractivity contribution < 1.29 is 0 Å². The van der Waals surface area contributed by atoms with Crippen LogP contribution in [-0.4, -0.2) is 31.6 Å². The number of piperidine rings is 1. The van der Waals surface area contributed by atoms with Crippen LogP contribution in [0.3, 0.4) is 0 Å². The molecular formula is C19H32N2. The molecule has 1 fully saturated rings. The minimum Gasteiger partial charge on any atom is -0.313 e. The van der Waals surface area contributed by atoms with Crippen LogP contribution in [0.4, 0.5) is 0 Å². The summed E-state index contributed by atoms with van der Waals surface area (Å²) in [6.07, 6.45) is 5.35. The summed E-state index contributed by atoms with van der Waals surface area (Å²) in [4.78, 5) is 2.67. The average Bonchev–Trinajstić information content (AvgIpc) is 2.47. The van der Waals surface area contributed by atoms with Gasteiger partial charge in [0.2, 0.25) is 0 Å². The largest absolute Gasteiger partial charge is 0.313 e. The van der Waals surface area contributed by atoms with Crippen molar-refractivity contribution in [2.75, 3.05) is 26.7 Å². The molecule has 1 aliphatic heterocycles. The molecule has 1 aromatic rings. The summed E-state index contributed by atoms with van der Waals surface area (Å²) < 4.78 is 0. The molecule has 1 aromatic carbocycles. The lowest BCUT2D eigenvalue weighted by Gasteiger charge is -2.33. The first-order chi connectivity index (χ1) is 10.1. The van der Waals surface area contributed by atoms with Crippen LogP contribution in [0.15, 0.2) is 18.2 Å². The van der Waals surface area contributed by atoms with E-state index in [-0.39, 0.29) is 0 Å². The van der Waals surface area contributed by atoms with Gasteiger partial charge in [0.05, 0.1) is 0 Å². The van der Waals surface area contributed by atoms with Gasteiger partial charge in [-0.1, -0.05) is 42.7 Å². The van der Waals surface area contributed by atoms with Gasteiger partial charge in [-0.2, -0.15) is 0 Å². The van der Waals surface area contributed by atoms with Gasteiger partial charge in [-0.05, 0) is 64.7 Å². The zero-order chi connectivity index (χ0) is 15.2. The van der Waals surface area contributed by atoms with E-state index in [2.05, 4.69) is 56.2 Å². The van der Waals surface area contributed by atoms with E-state index in [1.165, 1.54) is 62.0 Å². The fourth-order valence-corrected chi connectivity index (χ4v) is 3.69. The molecule has 1 N–H and O–H groups in total. The van der Waals surface area contributed by atoms with Crippen molar-refractivity contribution in [2.24, 2.45) is 5.92 Å². The molecule has 0 spiro atoms. The molecule has 0 aliphatic carbocycles. The van der Waals surface area contributed by atoms with Gasteiger partial charge in [0.15, 0.2) is 0 Å². The third-order valence-electron chi connectivity index (χ3n) is 4.91. The molecule has 1 aliphatic rings. The number of likely N-dealkylation sites (tertiary alicyclic amines) is 1. The standard InChI is InChI=1S/C19H32N2/c1-5-17-7-6-9-21(14-17)10-8-19(20-4)18-12-15(2)11-16(3)13-18/h11-13,17,19-20H,5-10,14H2,1-4H3. The third kappa shape index (κ3) is 4.82. The van der Waals surface area contributed by atoms with Gasteiger partial charge in [0.25, 0.3) is 0 Å². The molecule has 118 valence electrons. The summed E-state index contributed by atoms with van der Waals surface area (Å²) >= 11 is 0. The number of nitrogens with one attached hydrogen (secondary N) is 1.